The Labute approximate surface area is 170 Å². The molecule has 29 heavy (non-hydrogen) atoms. The third-order valence-corrected chi connectivity index (χ3v) is 5.24. The van der Waals surface area contributed by atoms with Gasteiger partial charge in [0.15, 0.2) is 0 Å². The number of amides is 1. The summed E-state index contributed by atoms with van der Waals surface area (Å²) in [6, 6.07) is 17.3. The molecular weight excluding hydrogens is 366 g/mol. The first-order valence-corrected chi connectivity index (χ1v) is 9.86. The molecule has 1 aliphatic heterocycles. The average molecular weight is 391 g/mol. The normalized spacial score (nSPS) is 13.1. The standard InChI is InChI=1S/C22H25N5O2/c1-26(15-20-24-22(21(23)28)25-29-20)13-6-14-27-18-9-4-2-7-16(18)11-12-17-8-3-5-10-19(17)27/h2-5,7-10H,6,11-15H2,1H3,(H2,23,28). The third-order valence-electron chi connectivity index (χ3n) is 5.24. The van der Waals surface area contributed by atoms with Gasteiger partial charge in [0.2, 0.25) is 5.89 Å². The van der Waals surface area contributed by atoms with Gasteiger partial charge in [0, 0.05) is 24.5 Å². The van der Waals surface area contributed by atoms with Gasteiger partial charge in [0.05, 0.1) is 6.54 Å². The molecule has 0 bridgehead atoms. The van der Waals surface area contributed by atoms with Crippen LogP contribution in [-0.4, -0.2) is 41.1 Å². The lowest BCUT2D eigenvalue weighted by atomic mass is 10.0. The van der Waals surface area contributed by atoms with E-state index in [1.807, 2.05) is 7.05 Å². The number of anilines is 2. The second kappa shape index (κ2) is 8.45. The second-order valence-corrected chi connectivity index (χ2v) is 7.38. The molecular formula is C22H25N5O2. The van der Waals surface area contributed by atoms with Crippen LogP contribution in [0.25, 0.3) is 0 Å². The van der Waals surface area contributed by atoms with E-state index in [2.05, 4.69) is 68.5 Å². The molecule has 0 saturated heterocycles. The van der Waals surface area contributed by atoms with Crippen LogP contribution in [0.3, 0.4) is 0 Å². The van der Waals surface area contributed by atoms with Crippen LogP contribution in [0, 0.1) is 0 Å². The summed E-state index contributed by atoms with van der Waals surface area (Å²) in [4.78, 5) is 19.6. The first kappa shape index (κ1) is 19.1. The SMILES string of the molecule is CN(CCCN1c2ccccc2CCc2ccccc21)Cc1nc(C(N)=O)no1. The summed E-state index contributed by atoms with van der Waals surface area (Å²) in [6.07, 6.45) is 3.09. The van der Waals surface area contributed by atoms with Crippen molar-refractivity contribution in [2.75, 3.05) is 25.0 Å². The second-order valence-electron chi connectivity index (χ2n) is 7.38. The van der Waals surface area contributed by atoms with Crippen LogP contribution in [0.4, 0.5) is 11.4 Å². The van der Waals surface area contributed by atoms with Crippen molar-refractivity contribution in [3.63, 3.8) is 0 Å². The Morgan fingerprint density at radius 1 is 1.10 bits per heavy atom. The molecule has 7 heteroatoms. The minimum Gasteiger partial charge on any atom is -0.363 e. The van der Waals surface area contributed by atoms with Crippen LogP contribution in [0.1, 0.15) is 34.1 Å². The zero-order valence-corrected chi connectivity index (χ0v) is 16.5. The van der Waals surface area contributed by atoms with Gasteiger partial charge < -0.3 is 15.2 Å². The number of nitrogens with two attached hydrogens (primary N) is 1. The maximum atomic E-state index is 11.1. The van der Waals surface area contributed by atoms with Crippen molar-refractivity contribution in [3.8, 4) is 0 Å². The molecule has 0 aliphatic carbocycles. The maximum absolute atomic E-state index is 11.1. The molecule has 3 aromatic rings. The number of hydrogen-bond acceptors (Lipinski definition) is 6. The fourth-order valence-corrected chi connectivity index (χ4v) is 3.84. The molecule has 0 fully saturated rings. The average Bonchev–Trinajstić information content (AvgIpc) is 3.13. The first-order valence-electron chi connectivity index (χ1n) is 9.86. The summed E-state index contributed by atoms with van der Waals surface area (Å²) in [5, 5.41) is 3.59. The lowest BCUT2D eigenvalue weighted by Gasteiger charge is -2.27. The van der Waals surface area contributed by atoms with Crippen molar-refractivity contribution in [1.29, 1.82) is 0 Å². The van der Waals surface area contributed by atoms with E-state index in [4.69, 9.17) is 10.3 Å². The Kier molecular flexibility index (Phi) is 5.57. The molecule has 2 heterocycles. The van der Waals surface area contributed by atoms with Gasteiger partial charge in [0.1, 0.15) is 0 Å². The van der Waals surface area contributed by atoms with E-state index in [1.54, 1.807) is 0 Å². The minimum atomic E-state index is -0.679. The van der Waals surface area contributed by atoms with Gasteiger partial charge in [-0.3, -0.25) is 9.69 Å². The molecule has 150 valence electrons. The van der Waals surface area contributed by atoms with E-state index in [0.29, 0.717) is 12.4 Å². The third kappa shape index (κ3) is 4.30. The van der Waals surface area contributed by atoms with Crippen LogP contribution in [-0.2, 0) is 19.4 Å². The van der Waals surface area contributed by atoms with Crippen molar-refractivity contribution >= 4 is 17.3 Å². The Bertz CT molecular complexity index is 953. The smallest absolute Gasteiger partial charge is 0.290 e. The van der Waals surface area contributed by atoms with Crippen molar-refractivity contribution in [1.82, 2.24) is 15.0 Å². The molecule has 2 N–H and O–H groups in total. The van der Waals surface area contributed by atoms with Crippen molar-refractivity contribution in [2.24, 2.45) is 5.73 Å². The Balaban J connectivity index is 1.43. The molecule has 4 rings (SSSR count). The first-order chi connectivity index (χ1) is 14.1. The van der Waals surface area contributed by atoms with Gasteiger partial charge in [-0.25, -0.2) is 0 Å². The molecule has 0 unspecified atom stereocenters. The van der Waals surface area contributed by atoms with Crippen LogP contribution in [0.5, 0.6) is 0 Å². The molecule has 1 aliphatic rings. The van der Waals surface area contributed by atoms with Gasteiger partial charge in [-0.15, -0.1) is 0 Å². The summed E-state index contributed by atoms with van der Waals surface area (Å²) >= 11 is 0. The molecule has 0 saturated carbocycles. The van der Waals surface area contributed by atoms with Gasteiger partial charge >= 0.3 is 0 Å². The molecule has 0 atom stereocenters. The molecule has 0 spiro atoms. The highest BCUT2D eigenvalue weighted by molar-refractivity contribution is 5.88. The number of fused-ring (bicyclic) bond motifs is 2. The van der Waals surface area contributed by atoms with E-state index < -0.39 is 5.91 Å². The summed E-state index contributed by atoms with van der Waals surface area (Å²) in [5.41, 5.74) is 10.5. The molecule has 2 aromatic carbocycles. The predicted molar refractivity (Wildman–Crippen MR) is 111 cm³/mol. The number of benzene rings is 2. The van der Waals surface area contributed by atoms with Crippen LogP contribution in [0.15, 0.2) is 53.1 Å². The summed E-state index contributed by atoms with van der Waals surface area (Å²) in [6.45, 7) is 2.25. The van der Waals surface area contributed by atoms with E-state index in [0.717, 1.165) is 32.4 Å². The lowest BCUT2D eigenvalue weighted by molar-refractivity contribution is 0.0987. The number of nitrogens with zero attached hydrogens (tertiary/aromatic N) is 4. The van der Waals surface area contributed by atoms with Crippen molar-refractivity contribution < 1.29 is 9.32 Å². The van der Waals surface area contributed by atoms with Gasteiger partial charge in [-0.05, 0) is 49.6 Å². The van der Waals surface area contributed by atoms with Crippen molar-refractivity contribution in [3.05, 3.63) is 71.4 Å². The summed E-state index contributed by atoms with van der Waals surface area (Å²) < 4.78 is 5.09. The number of carbonyl (C=O) groups excluding carboxylic acids is 1. The van der Waals surface area contributed by atoms with Gasteiger partial charge in [-0.2, -0.15) is 4.98 Å². The van der Waals surface area contributed by atoms with Crippen LogP contribution < -0.4 is 10.6 Å². The molecule has 0 radical (unpaired) electrons. The van der Waals surface area contributed by atoms with Crippen molar-refractivity contribution in [2.45, 2.75) is 25.8 Å². The van der Waals surface area contributed by atoms with Gasteiger partial charge in [-0.1, -0.05) is 41.6 Å². The fourth-order valence-electron chi connectivity index (χ4n) is 3.84. The monoisotopic (exact) mass is 391 g/mol. The largest absolute Gasteiger partial charge is 0.363 e. The zero-order chi connectivity index (χ0) is 20.2. The maximum Gasteiger partial charge on any atom is 0.290 e. The Morgan fingerprint density at radius 2 is 1.72 bits per heavy atom. The van der Waals surface area contributed by atoms with Crippen LogP contribution in [0.2, 0.25) is 0 Å². The number of aryl methyl sites for hydroxylation is 2. The van der Waals surface area contributed by atoms with E-state index in [9.17, 15) is 4.79 Å². The highest BCUT2D eigenvalue weighted by Gasteiger charge is 2.20. The summed E-state index contributed by atoms with van der Waals surface area (Å²) in [7, 11) is 2.00. The number of rotatable bonds is 7. The Hall–Kier alpha value is -3.19. The number of aromatic nitrogens is 2. The fraction of sp³-hybridized carbons (Fsp3) is 0.318. The number of primary amides is 1. The van der Waals surface area contributed by atoms with Gasteiger partial charge in [0.25, 0.3) is 11.7 Å². The molecule has 7 nitrogen and oxygen atoms in total. The quantitative estimate of drug-likeness (QED) is 0.666. The topological polar surface area (TPSA) is 88.5 Å². The highest BCUT2D eigenvalue weighted by atomic mass is 16.5. The Morgan fingerprint density at radius 3 is 2.31 bits per heavy atom. The minimum absolute atomic E-state index is 0.0776. The van der Waals surface area contributed by atoms with Crippen LogP contribution >= 0.6 is 0 Å². The summed E-state index contributed by atoms with van der Waals surface area (Å²) in [5.74, 6) is -0.362. The van der Waals surface area contributed by atoms with E-state index >= 15 is 0 Å². The van der Waals surface area contributed by atoms with E-state index in [1.165, 1.54) is 22.5 Å². The predicted octanol–water partition coefficient (Wildman–Crippen LogP) is 2.93. The zero-order valence-electron chi connectivity index (χ0n) is 16.5. The number of para-hydroxylation sites is 2. The molecule has 1 aromatic heterocycles. The molecule has 1 amide bonds. The highest BCUT2D eigenvalue weighted by Crippen LogP contribution is 2.35. The number of carbonyl (C=O) groups is 1. The number of hydrogen-bond donors (Lipinski definition) is 1. The lowest BCUT2D eigenvalue weighted by Crippen LogP contribution is -2.26. The van der Waals surface area contributed by atoms with E-state index in [-0.39, 0.29) is 5.82 Å².